The van der Waals surface area contributed by atoms with Crippen molar-refractivity contribution >= 4 is 8.32 Å². The maximum absolute atomic E-state index is 10.3. The molecular weight excluding hydrogens is 164 g/mol. The predicted octanol–water partition coefficient (Wildman–Crippen LogP) is 2.91. The maximum Gasteiger partial charge on any atom is 0.188 e. The fourth-order valence-corrected chi connectivity index (χ4v) is 6.53. The lowest BCUT2D eigenvalue weighted by atomic mass is 9.99. The van der Waals surface area contributed by atoms with E-state index in [1.807, 2.05) is 0 Å². The van der Waals surface area contributed by atoms with Crippen molar-refractivity contribution in [1.82, 2.24) is 0 Å². The van der Waals surface area contributed by atoms with Gasteiger partial charge in [-0.05, 0) is 36.9 Å². The summed E-state index contributed by atoms with van der Waals surface area (Å²) in [6.45, 7) is 4.30. The first-order valence-electron chi connectivity index (χ1n) is 5.29. The van der Waals surface area contributed by atoms with E-state index in [2.05, 4.69) is 13.1 Å². The van der Waals surface area contributed by atoms with Crippen LogP contribution in [0.25, 0.3) is 0 Å². The molecule has 0 spiro atoms. The Kier molecular flexibility index (Phi) is 1.88. The van der Waals surface area contributed by atoms with Crippen LogP contribution in [0, 0.1) is 5.92 Å². The Morgan fingerprint density at radius 3 is 2.00 bits per heavy atom. The Morgan fingerprint density at radius 2 is 1.67 bits per heavy atom. The van der Waals surface area contributed by atoms with Crippen LogP contribution in [-0.4, -0.2) is 13.1 Å². The van der Waals surface area contributed by atoms with Crippen molar-refractivity contribution in [3.63, 3.8) is 0 Å². The van der Waals surface area contributed by atoms with E-state index in [1.54, 1.807) is 0 Å². The molecule has 0 radical (unpaired) electrons. The normalized spacial score (nSPS) is 41.8. The molecule has 0 atom stereocenters. The number of hydrogen-bond acceptors (Lipinski definition) is 1. The summed E-state index contributed by atoms with van der Waals surface area (Å²) in [5.41, 5.74) is 0. The monoisotopic (exact) mass is 184 g/mol. The summed E-state index contributed by atoms with van der Waals surface area (Å²) < 4.78 is 0. The predicted molar refractivity (Wildman–Crippen MR) is 53.6 cm³/mol. The summed E-state index contributed by atoms with van der Waals surface area (Å²) in [6, 6.07) is 0. The lowest BCUT2D eigenvalue weighted by Crippen LogP contribution is -2.42. The average molecular weight is 184 g/mol. The van der Waals surface area contributed by atoms with Crippen molar-refractivity contribution in [2.24, 2.45) is 5.92 Å². The van der Waals surface area contributed by atoms with Gasteiger partial charge in [0.25, 0.3) is 0 Å². The van der Waals surface area contributed by atoms with Crippen molar-refractivity contribution in [3.05, 3.63) is 0 Å². The molecule has 2 saturated carbocycles. The van der Waals surface area contributed by atoms with E-state index in [9.17, 15) is 4.80 Å². The van der Waals surface area contributed by atoms with Crippen LogP contribution in [0.3, 0.4) is 0 Å². The van der Waals surface area contributed by atoms with E-state index < -0.39 is 8.32 Å². The van der Waals surface area contributed by atoms with Crippen LogP contribution in [0.15, 0.2) is 0 Å². The van der Waals surface area contributed by atoms with Crippen molar-refractivity contribution in [2.75, 3.05) is 0 Å². The Labute approximate surface area is 76.3 Å². The van der Waals surface area contributed by atoms with Gasteiger partial charge in [-0.25, -0.2) is 0 Å². The molecule has 2 rings (SSSR count). The number of rotatable bonds is 1. The van der Waals surface area contributed by atoms with Gasteiger partial charge in [-0.3, -0.25) is 0 Å². The molecule has 2 fully saturated rings. The third-order valence-corrected chi connectivity index (χ3v) is 7.70. The van der Waals surface area contributed by atoms with Gasteiger partial charge in [-0.1, -0.05) is 25.7 Å². The molecule has 0 aromatic carbocycles. The van der Waals surface area contributed by atoms with Crippen molar-refractivity contribution in [1.29, 1.82) is 0 Å². The summed E-state index contributed by atoms with van der Waals surface area (Å²) in [5, 5.41) is 0.438. The van der Waals surface area contributed by atoms with Crippen molar-refractivity contribution in [2.45, 2.75) is 56.7 Å². The number of fused-ring (bicyclic) bond motifs is 1. The van der Waals surface area contributed by atoms with Gasteiger partial charge in [-0.15, -0.1) is 0 Å². The SMILES string of the molecule is C[Si](C)(O)C12CCCC1CCC2. The van der Waals surface area contributed by atoms with Gasteiger partial charge < -0.3 is 4.80 Å². The highest BCUT2D eigenvalue weighted by molar-refractivity contribution is 6.73. The second-order valence-corrected chi connectivity index (χ2v) is 9.31. The maximum atomic E-state index is 10.3. The Bertz CT molecular complexity index is 173. The molecule has 0 saturated heterocycles. The molecule has 2 aliphatic rings. The third kappa shape index (κ3) is 1.01. The smallest absolute Gasteiger partial charge is 0.188 e. The average Bonchev–Trinajstić information content (AvgIpc) is 2.37. The summed E-state index contributed by atoms with van der Waals surface area (Å²) >= 11 is 0. The van der Waals surface area contributed by atoms with Crippen LogP contribution in [0.2, 0.25) is 18.1 Å². The molecule has 1 N–H and O–H groups in total. The van der Waals surface area contributed by atoms with Gasteiger partial charge in [0.05, 0.1) is 0 Å². The topological polar surface area (TPSA) is 20.2 Å². The van der Waals surface area contributed by atoms with Crippen LogP contribution < -0.4 is 0 Å². The summed E-state index contributed by atoms with van der Waals surface area (Å²) in [6.07, 6.45) is 8.21. The van der Waals surface area contributed by atoms with E-state index in [0.29, 0.717) is 5.04 Å². The molecular formula is C10H20OSi. The third-order valence-electron chi connectivity index (χ3n) is 4.35. The van der Waals surface area contributed by atoms with Gasteiger partial charge in [-0.2, -0.15) is 0 Å². The molecule has 0 bridgehead atoms. The summed E-state index contributed by atoms with van der Waals surface area (Å²) in [4.78, 5) is 10.3. The zero-order valence-electron chi connectivity index (χ0n) is 8.27. The lowest BCUT2D eigenvalue weighted by molar-refractivity contribution is 0.387. The first kappa shape index (κ1) is 8.76. The van der Waals surface area contributed by atoms with Crippen LogP contribution in [-0.2, 0) is 0 Å². The lowest BCUT2D eigenvalue weighted by Gasteiger charge is -2.39. The highest BCUT2D eigenvalue weighted by Crippen LogP contribution is 2.64. The molecule has 0 aromatic heterocycles. The molecule has 0 aromatic rings. The van der Waals surface area contributed by atoms with E-state index in [4.69, 9.17) is 0 Å². The van der Waals surface area contributed by atoms with Crippen LogP contribution in [0.1, 0.15) is 38.5 Å². The fourth-order valence-electron chi connectivity index (χ4n) is 3.67. The molecule has 2 aliphatic carbocycles. The van der Waals surface area contributed by atoms with E-state index >= 15 is 0 Å². The zero-order chi connectivity index (χ0) is 8.82. The second kappa shape index (κ2) is 2.58. The highest BCUT2D eigenvalue weighted by atomic mass is 28.4. The van der Waals surface area contributed by atoms with Crippen LogP contribution in [0.4, 0.5) is 0 Å². The van der Waals surface area contributed by atoms with Gasteiger partial charge in [0, 0.05) is 0 Å². The minimum absolute atomic E-state index is 0.438. The van der Waals surface area contributed by atoms with Crippen LogP contribution >= 0.6 is 0 Å². The largest absolute Gasteiger partial charge is 0.432 e. The van der Waals surface area contributed by atoms with Crippen LogP contribution in [0.5, 0.6) is 0 Å². The molecule has 1 nitrogen and oxygen atoms in total. The Hall–Kier alpha value is 0.177. The minimum Gasteiger partial charge on any atom is -0.432 e. The molecule has 12 heavy (non-hydrogen) atoms. The van der Waals surface area contributed by atoms with Gasteiger partial charge >= 0.3 is 0 Å². The number of hydrogen-bond donors (Lipinski definition) is 1. The van der Waals surface area contributed by atoms with E-state index in [-0.39, 0.29) is 0 Å². The Morgan fingerprint density at radius 1 is 1.17 bits per heavy atom. The van der Waals surface area contributed by atoms with Crippen molar-refractivity contribution < 1.29 is 4.80 Å². The van der Waals surface area contributed by atoms with E-state index in [0.717, 1.165) is 5.92 Å². The Balaban J connectivity index is 2.28. The molecule has 0 heterocycles. The molecule has 0 unspecified atom stereocenters. The highest BCUT2D eigenvalue weighted by Gasteiger charge is 2.55. The quantitative estimate of drug-likeness (QED) is 0.621. The molecule has 2 heteroatoms. The van der Waals surface area contributed by atoms with Gasteiger partial charge in [0.15, 0.2) is 8.32 Å². The molecule has 0 amide bonds. The molecule has 0 aliphatic heterocycles. The first-order chi connectivity index (χ1) is 5.56. The second-order valence-electron chi connectivity index (χ2n) is 5.20. The summed E-state index contributed by atoms with van der Waals surface area (Å²) in [7, 11) is -1.88. The fraction of sp³-hybridized carbons (Fsp3) is 1.00. The van der Waals surface area contributed by atoms with Crippen molar-refractivity contribution in [3.8, 4) is 0 Å². The first-order valence-corrected chi connectivity index (χ1v) is 8.23. The van der Waals surface area contributed by atoms with E-state index in [1.165, 1.54) is 38.5 Å². The van der Waals surface area contributed by atoms with Gasteiger partial charge in [0.2, 0.25) is 0 Å². The standard InChI is InChI=1S/C10H20OSi/c1-12(2,11)10-7-3-5-9(10)6-4-8-10/h9,11H,3-8H2,1-2H3. The minimum atomic E-state index is -1.88. The molecule has 70 valence electrons. The zero-order valence-corrected chi connectivity index (χ0v) is 9.27. The van der Waals surface area contributed by atoms with Gasteiger partial charge in [0.1, 0.15) is 0 Å². The summed E-state index contributed by atoms with van der Waals surface area (Å²) in [5.74, 6) is 0.893.